The van der Waals surface area contributed by atoms with E-state index in [0.717, 1.165) is 12.1 Å². The van der Waals surface area contributed by atoms with E-state index in [0.29, 0.717) is 11.4 Å². The molecule has 0 unspecified atom stereocenters. The Morgan fingerprint density at radius 3 is 2.82 bits per heavy atom. The highest BCUT2D eigenvalue weighted by molar-refractivity contribution is 7.12. The molecule has 0 aliphatic heterocycles. The number of aryl methyl sites for hydroxylation is 1. The monoisotopic (exact) mass is 267 g/mol. The van der Waals surface area contributed by atoms with Gasteiger partial charge < -0.3 is 10.4 Å². The molecule has 17 heavy (non-hydrogen) atoms. The van der Waals surface area contributed by atoms with Crippen LogP contribution in [0.4, 0.5) is 0 Å². The average molecular weight is 267 g/mol. The molecule has 90 valence electrons. The van der Waals surface area contributed by atoms with Gasteiger partial charge in [0.05, 0.1) is 0 Å². The van der Waals surface area contributed by atoms with Crippen molar-refractivity contribution in [2.75, 3.05) is 0 Å². The second kappa shape index (κ2) is 5.44. The summed E-state index contributed by atoms with van der Waals surface area (Å²) in [7, 11) is 0. The number of carbonyl (C=O) groups is 1. The predicted molar refractivity (Wildman–Crippen MR) is 70.9 cm³/mol. The van der Waals surface area contributed by atoms with Gasteiger partial charge in [0.25, 0.3) is 0 Å². The zero-order valence-electron chi connectivity index (χ0n) is 9.40. The molecule has 5 heteroatoms. The summed E-state index contributed by atoms with van der Waals surface area (Å²) in [5.41, 5.74) is 0.857. The summed E-state index contributed by atoms with van der Waals surface area (Å²) in [5.74, 6) is -0.844. The molecule has 3 nitrogen and oxygen atoms in total. The lowest BCUT2D eigenvalue weighted by molar-refractivity contribution is 0.0701. The Kier molecular flexibility index (Phi) is 3.93. The molecular weight excluding hydrogens is 254 g/mol. The van der Waals surface area contributed by atoms with E-state index < -0.39 is 5.97 Å². The number of hydrogen-bond donors (Lipinski definition) is 2. The lowest BCUT2D eigenvalue weighted by Crippen LogP contribution is -2.13. The van der Waals surface area contributed by atoms with Crippen molar-refractivity contribution in [3.63, 3.8) is 0 Å². The molecular formula is C12H13NO2S2. The molecule has 0 fully saturated rings. The van der Waals surface area contributed by atoms with Crippen LogP contribution in [0.2, 0.25) is 0 Å². The van der Waals surface area contributed by atoms with Crippen molar-refractivity contribution in [2.45, 2.75) is 20.0 Å². The van der Waals surface area contributed by atoms with Gasteiger partial charge in [0.15, 0.2) is 0 Å². The van der Waals surface area contributed by atoms with Crippen LogP contribution in [0, 0.1) is 6.92 Å². The summed E-state index contributed by atoms with van der Waals surface area (Å²) < 4.78 is 0. The first-order valence-electron chi connectivity index (χ1n) is 5.22. The molecule has 0 aromatic carbocycles. The predicted octanol–water partition coefficient (Wildman–Crippen LogP) is 3.11. The normalized spacial score (nSPS) is 10.6. The van der Waals surface area contributed by atoms with Crippen LogP contribution in [0.25, 0.3) is 0 Å². The van der Waals surface area contributed by atoms with Gasteiger partial charge >= 0.3 is 5.97 Å². The van der Waals surface area contributed by atoms with Gasteiger partial charge in [-0.05, 0) is 36.1 Å². The Morgan fingerprint density at radius 1 is 1.35 bits per heavy atom. The number of nitrogens with one attached hydrogen (secondary N) is 1. The molecule has 2 aromatic heterocycles. The Balaban J connectivity index is 1.90. The van der Waals surface area contributed by atoms with Crippen LogP contribution in [0.5, 0.6) is 0 Å². The van der Waals surface area contributed by atoms with Crippen LogP contribution in [0.3, 0.4) is 0 Å². The molecule has 0 amide bonds. The van der Waals surface area contributed by atoms with E-state index in [-0.39, 0.29) is 0 Å². The minimum atomic E-state index is -0.844. The molecule has 2 rings (SSSR count). The number of aromatic carboxylic acids is 1. The first kappa shape index (κ1) is 12.3. The Hall–Kier alpha value is -1.17. The maximum absolute atomic E-state index is 10.9. The highest BCUT2D eigenvalue weighted by atomic mass is 32.1. The number of thiophene rings is 2. The summed E-state index contributed by atoms with van der Waals surface area (Å²) in [4.78, 5) is 13.9. The number of rotatable bonds is 5. The molecule has 2 N–H and O–H groups in total. The molecule has 0 aliphatic rings. The molecule has 0 atom stereocenters. The third-order valence-electron chi connectivity index (χ3n) is 2.35. The highest BCUT2D eigenvalue weighted by Crippen LogP contribution is 2.18. The lowest BCUT2D eigenvalue weighted by atomic mass is 10.2. The fourth-order valence-corrected chi connectivity index (χ4v) is 3.18. The third kappa shape index (κ3) is 3.15. The van der Waals surface area contributed by atoms with Crippen molar-refractivity contribution >= 4 is 28.6 Å². The van der Waals surface area contributed by atoms with Crippen molar-refractivity contribution in [2.24, 2.45) is 0 Å². The van der Waals surface area contributed by atoms with E-state index in [4.69, 9.17) is 5.11 Å². The molecule has 0 spiro atoms. The summed E-state index contributed by atoms with van der Waals surface area (Å²) in [6, 6.07) is 6.05. The quantitative estimate of drug-likeness (QED) is 0.875. The van der Waals surface area contributed by atoms with Crippen LogP contribution in [-0.4, -0.2) is 11.1 Å². The van der Waals surface area contributed by atoms with Crippen LogP contribution < -0.4 is 5.32 Å². The second-order valence-electron chi connectivity index (χ2n) is 3.70. The van der Waals surface area contributed by atoms with E-state index >= 15 is 0 Å². The largest absolute Gasteiger partial charge is 0.477 e. The lowest BCUT2D eigenvalue weighted by Gasteiger charge is -2.02. The minimum absolute atomic E-state index is 0.430. The maximum Gasteiger partial charge on any atom is 0.346 e. The van der Waals surface area contributed by atoms with Gasteiger partial charge in [0.1, 0.15) is 4.88 Å². The zero-order chi connectivity index (χ0) is 12.3. The molecule has 0 aliphatic carbocycles. The zero-order valence-corrected chi connectivity index (χ0v) is 11.0. The summed E-state index contributed by atoms with van der Waals surface area (Å²) >= 11 is 3.03. The SMILES string of the molecule is Cc1ccc(CNCc2ccsc2C(=O)O)s1. The summed E-state index contributed by atoms with van der Waals surface area (Å²) in [5, 5.41) is 14.0. The van der Waals surface area contributed by atoms with E-state index in [1.165, 1.54) is 21.1 Å². The molecule has 0 bridgehead atoms. The van der Waals surface area contributed by atoms with Crippen molar-refractivity contribution < 1.29 is 9.90 Å². The van der Waals surface area contributed by atoms with Crippen molar-refractivity contribution in [3.05, 3.63) is 43.8 Å². The van der Waals surface area contributed by atoms with Crippen LogP contribution in [0.15, 0.2) is 23.6 Å². The maximum atomic E-state index is 10.9. The van der Waals surface area contributed by atoms with Crippen LogP contribution in [0.1, 0.15) is 25.0 Å². The molecule has 0 radical (unpaired) electrons. The van der Waals surface area contributed by atoms with Gasteiger partial charge in [-0.1, -0.05) is 0 Å². The standard InChI is InChI=1S/C12H13NO2S2/c1-8-2-3-10(17-8)7-13-6-9-4-5-16-11(9)12(14)15/h2-5,13H,6-7H2,1H3,(H,14,15). The van der Waals surface area contributed by atoms with Crippen LogP contribution >= 0.6 is 22.7 Å². The smallest absolute Gasteiger partial charge is 0.346 e. The second-order valence-corrected chi connectivity index (χ2v) is 5.98. The van der Waals surface area contributed by atoms with Gasteiger partial charge in [-0.2, -0.15) is 0 Å². The minimum Gasteiger partial charge on any atom is -0.477 e. The van der Waals surface area contributed by atoms with Gasteiger partial charge in [0.2, 0.25) is 0 Å². The van der Waals surface area contributed by atoms with E-state index in [1.54, 1.807) is 11.3 Å². The van der Waals surface area contributed by atoms with Gasteiger partial charge in [-0.15, -0.1) is 22.7 Å². The highest BCUT2D eigenvalue weighted by Gasteiger charge is 2.10. The molecule has 0 saturated carbocycles. The van der Waals surface area contributed by atoms with E-state index in [1.807, 2.05) is 11.4 Å². The third-order valence-corrected chi connectivity index (χ3v) is 4.30. The Labute approximate surface area is 108 Å². The fraction of sp³-hybridized carbons (Fsp3) is 0.250. The number of carboxylic acids is 1. The van der Waals surface area contributed by atoms with Gasteiger partial charge in [0, 0.05) is 22.8 Å². The fourth-order valence-electron chi connectivity index (χ4n) is 1.56. The molecule has 0 saturated heterocycles. The van der Waals surface area contributed by atoms with Crippen LogP contribution in [-0.2, 0) is 13.1 Å². The van der Waals surface area contributed by atoms with Crippen molar-refractivity contribution in [1.29, 1.82) is 0 Å². The van der Waals surface area contributed by atoms with Crippen molar-refractivity contribution in [3.8, 4) is 0 Å². The summed E-state index contributed by atoms with van der Waals surface area (Å²) in [6.07, 6.45) is 0. The average Bonchev–Trinajstić information content (AvgIpc) is 2.87. The van der Waals surface area contributed by atoms with E-state index in [9.17, 15) is 4.79 Å². The number of carboxylic acid groups (broad SMARTS) is 1. The van der Waals surface area contributed by atoms with Gasteiger partial charge in [-0.3, -0.25) is 0 Å². The Bertz CT molecular complexity index is 516. The molecule has 2 aromatic rings. The summed E-state index contributed by atoms with van der Waals surface area (Å²) in [6.45, 7) is 3.46. The first-order valence-corrected chi connectivity index (χ1v) is 6.92. The first-order chi connectivity index (χ1) is 8.16. The van der Waals surface area contributed by atoms with Gasteiger partial charge in [-0.25, -0.2) is 4.79 Å². The van der Waals surface area contributed by atoms with E-state index in [2.05, 4.69) is 24.4 Å². The topological polar surface area (TPSA) is 49.3 Å². The number of hydrogen-bond acceptors (Lipinski definition) is 4. The van der Waals surface area contributed by atoms with Crippen molar-refractivity contribution in [1.82, 2.24) is 5.32 Å². The Morgan fingerprint density at radius 2 is 2.18 bits per heavy atom. The molecule has 2 heterocycles.